The molecule has 0 aliphatic rings. The molecule has 0 saturated heterocycles. The minimum absolute atomic E-state index is 0.281. The largest absolute Gasteiger partial charge is 0.396 e. The highest BCUT2D eigenvalue weighted by Gasteiger charge is 2.00. The molecule has 0 aliphatic carbocycles. The fourth-order valence-corrected chi connectivity index (χ4v) is 1.89. The fraction of sp³-hybridized carbons (Fsp3) is 0.500. The number of nitrogens with one attached hydrogen (secondary N) is 1. The standard InChI is InChI=1S/C12H18BrNO/c1-10(4-3-7-15)14-9-11-5-2-6-12(13)8-11/h2,5-6,8,10,14-15H,3-4,7,9H2,1H3/t10-/m0/s1. The maximum absolute atomic E-state index is 8.70. The van der Waals surface area contributed by atoms with Gasteiger partial charge in [0.15, 0.2) is 0 Å². The molecule has 0 aliphatic heterocycles. The summed E-state index contributed by atoms with van der Waals surface area (Å²) in [5, 5.41) is 12.1. The lowest BCUT2D eigenvalue weighted by Crippen LogP contribution is -2.25. The Labute approximate surface area is 99.8 Å². The highest BCUT2D eigenvalue weighted by atomic mass is 79.9. The third-order valence-electron chi connectivity index (χ3n) is 2.34. The van der Waals surface area contributed by atoms with E-state index in [1.807, 2.05) is 12.1 Å². The van der Waals surface area contributed by atoms with Crippen LogP contribution in [0.4, 0.5) is 0 Å². The van der Waals surface area contributed by atoms with Crippen LogP contribution in [0.25, 0.3) is 0 Å². The predicted molar refractivity (Wildman–Crippen MR) is 66.8 cm³/mol. The van der Waals surface area contributed by atoms with E-state index in [1.165, 1.54) is 5.56 Å². The molecule has 1 rings (SSSR count). The third-order valence-corrected chi connectivity index (χ3v) is 2.83. The molecule has 2 N–H and O–H groups in total. The lowest BCUT2D eigenvalue weighted by Gasteiger charge is -2.13. The van der Waals surface area contributed by atoms with Crippen molar-refractivity contribution in [3.05, 3.63) is 34.3 Å². The van der Waals surface area contributed by atoms with E-state index in [0.29, 0.717) is 6.04 Å². The molecule has 84 valence electrons. The second-order valence-corrected chi connectivity index (χ2v) is 4.69. The van der Waals surface area contributed by atoms with Crippen LogP contribution in [-0.4, -0.2) is 17.8 Å². The van der Waals surface area contributed by atoms with Gasteiger partial charge in [-0.1, -0.05) is 28.1 Å². The van der Waals surface area contributed by atoms with Gasteiger partial charge < -0.3 is 10.4 Å². The second-order valence-electron chi connectivity index (χ2n) is 3.78. The van der Waals surface area contributed by atoms with Gasteiger partial charge in [-0.25, -0.2) is 0 Å². The van der Waals surface area contributed by atoms with Gasteiger partial charge in [0.05, 0.1) is 0 Å². The van der Waals surface area contributed by atoms with E-state index in [1.54, 1.807) is 0 Å². The molecule has 0 saturated carbocycles. The first kappa shape index (κ1) is 12.7. The summed E-state index contributed by atoms with van der Waals surface area (Å²) in [5.74, 6) is 0. The molecule has 0 spiro atoms. The first-order valence-corrected chi connectivity index (χ1v) is 6.10. The van der Waals surface area contributed by atoms with Gasteiger partial charge >= 0.3 is 0 Å². The molecule has 2 nitrogen and oxygen atoms in total. The molecule has 0 unspecified atom stereocenters. The molecule has 0 aromatic heterocycles. The maximum atomic E-state index is 8.70. The summed E-state index contributed by atoms with van der Waals surface area (Å²) in [6.45, 7) is 3.31. The second kappa shape index (κ2) is 6.99. The maximum Gasteiger partial charge on any atom is 0.0431 e. The Hall–Kier alpha value is -0.380. The Bertz CT molecular complexity index is 291. The fourth-order valence-electron chi connectivity index (χ4n) is 1.44. The van der Waals surface area contributed by atoms with Crippen LogP contribution in [0.3, 0.4) is 0 Å². The zero-order valence-corrected chi connectivity index (χ0v) is 10.6. The van der Waals surface area contributed by atoms with Gasteiger partial charge in [-0.2, -0.15) is 0 Å². The van der Waals surface area contributed by atoms with Gasteiger partial charge in [0, 0.05) is 23.7 Å². The molecular formula is C12H18BrNO. The van der Waals surface area contributed by atoms with Gasteiger partial charge in [-0.05, 0) is 37.5 Å². The smallest absolute Gasteiger partial charge is 0.0431 e. The molecule has 0 heterocycles. The molecule has 0 amide bonds. The van der Waals surface area contributed by atoms with Crippen LogP contribution < -0.4 is 5.32 Å². The van der Waals surface area contributed by atoms with Crippen molar-refractivity contribution in [1.29, 1.82) is 0 Å². The number of hydrogen-bond donors (Lipinski definition) is 2. The molecule has 1 aromatic carbocycles. The number of benzene rings is 1. The van der Waals surface area contributed by atoms with Gasteiger partial charge in [0.1, 0.15) is 0 Å². The van der Waals surface area contributed by atoms with E-state index >= 15 is 0 Å². The van der Waals surface area contributed by atoms with Crippen molar-refractivity contribution in [2.75, 3.05) is 6.61 Å². The van der Waals surface area contributed by atoms with Crippen LogP contribution in [0.5, 0.6) is 0 Å². The summed E-state index contributed by atoms with van der Waals surface area (Å²) in [6, 6.07) is 8.75. The van der Waals surface area contributed by atoms with Gasteiger partial charge in [-0.3, -0.25) is 0 Å². The van der Waals surface area contributed by atoms with Crippen LogP contribution in [0, 0.1) is 0 Å². The average molecular weight is 272 g/mol. The van der Waals surface area contributed by atoms with E-state index in [9.17, 15) is 0 Å². The lowest BCUT2D eigenvalue weighted by molar-refractivity contribution is 0.276. The molecular weight excluding hydrogens is 254 g/mol. The molecule has 0 fully saturated rings. The molecule has 0 bridgehead atoms. The topological polar surface area (TPSA) is 32.3 Å². The summed E-state index contributed by atoms with van der Waals surface area (Å²) >= 11 is 3.45. The van der Waals surface area contributed by atoms with Crippen molar-refractivity contribution in [1.82, 2.24) is 5.32 Å². The number of aliphatic hydroxyl groups excluding tert-OH is 1. The third kappa shape index (κ3) is 5.30. The first-order valence-electron chi connectivity index (χ1n) is 5.31. The summed E-state index contributed by atoms with van der Waals surface area (Å²) in [4.78, 5) is 0. The highest BCUT2D eigenvalue weighted by molar-refractivity contribution is 9.10. The predicted octanol–water partition coefficient (Wildman–Crippen LogP) is 2.70. The van der Waals surface area contributed by atoms with E-state index in [4.69, 9.17) is 5.11 Å². The van der Waals surface area contributed by atoms with Crippen LogP contribution in [0.15, 0.2) is 28.7 Å². The first-order chi connectivity index (χ1) is 7.22. The average Bonchev–Trinajstić information content (AvgIpc) is 2.23. The Morgan fingerprint density at radius 2 is 2.27 bits per heavy atom. The van der Waals surface area contributed by atoms with Crippen molar-refractivity contribution in [2.45, 2.75) is 32.4 Å². The molecule has 1 atom stereocenters. The van der Waals surface area contributed by atoms with Crippen LogP contribution in [0.2, 0.25) is 0 Å². The summed E-state index contributed by atoms with van der Waals surface area (Å²) in [7, 11) is 0. The van der Waals surface area contributed by atoms with Crippen molar-refractivity contribution >= 4 is 15.9 Å². The van der Waals surface area contributed by atoms with Crippen LogP contribution >= 0.6 is 15.9 Å². The van der Waals surface area contributed by atoms with Crippen LogP contribution in [0.1, 0.15) is 25.3 Å². The number of rotatable bonds is 6. The van der Waals surface area contributed by atoms with Crippen molar-refractivity contribution in [3.8, 4) is 0 Å². The lowest BCUT2D eigenvalue weighted by atomic mass is 10.1. The highest BCUT2D eigenvalue weighted by Crippen LogP contribution is 2.11. The SMILES string of the molecule is C[C@@H](CCCO)NCc1cccc(Br)c1. The van der Waals surface area contributed by atoms with Crippen molar-refractivity contribution in [3.63, 3.8) is 0 Å². The minimum Gasteiger partial charge on any atom is -0.396 e. The monoisotopic (exact) mass is 271 g/mol. The Balaban J connectivity index is 2.30. The van der Waals surface area contributed by atoms with Crippen molar-refractivity contribution in [2.24, 2.45) is 0 Å². The van der Waals surface area contributed by atoms with Crippen molar-refractivity contribution < 1.29 is 5.11 Å². The Kier molecular flexibility index (Phi) is 5.91. The zero-order chi connectivity index (χ0) is 11.1. The van der Waals surface area contributed by atoms with Gasteiger partial charge in [0.25, 0.3) is 0 Å². The van der Waals surface area contributed by atoms with E-state index < -0.39 is 0 Å². The number of hydrogen-bond acceptors (Lipinski definition) is 2. The summed E-state index contributed by atoms with van der Waals surface area (Å²) in [6.07, 6.45) is 1.89. The van der Waals surface area contributed by atoms with Crippen LogP contribution in [-0.2, 0) is 6.54 Å². The quantitative estimate of drug-likeness (QED) is 0.834. The summed E-state index contributed by atoms with van der Waals surface area (Å²) < 4.78 is 1.12. The zero-order valence-electron chi connectivity index (χ0n) is 9.04. The Morgan fingerprint density at radius 3 is 2.93 bits per heavy atom. The summed E-state index contributed by atoms with van der Waals surface area (Å²) in [5.41, 5.74) is 1.28. The molecule has 1 aromatic rings. The Morgan fingerprint density at radius 1 is 1.47 bits per heavy atom. The molecule has 3 heteroatoms. The van der Waals surface area contributed by atoms with E-state index in [2.05, 4.69) is 40.3 Å². The normalized spacial score (nSPS) is 12.7. The minimum atomic E-state index is 0.281. The van der Waals surface area contributed by atoms with Gasteiger partial charge in [-0.15, -0.1) is 0 Å². The van der Waals surface area contributed by atoms with E-state index in [0.717, 1.165) is 23.9 Å². The molecule has 15 heavy (non-hydrogen) atoms. The number of aliphatic hydroxyl groups is 1. The van der Waals surface area contributed by atoms with E-state index in [-0.39, 0.29) is 6.61 Å². The van der Waals surface area contributed by atoms with Gasteiger partial charge in [0.2, 0.25) is 0 Å². The molecule has 0 radical (unpaired) electrons. The number of halogens is 1.